The van der Waals surface area contributed by atoms with Crippen LogP contribution in [0.4, 0.5) is 0 Å². The van der Waals surface area contributed by atoms with E-state index in [1.165, 1.54) is 7.11 Å². The highest BCUT2D eigenvalue weighted by molar-refractivity contribution is 6.04. The van der Waals surface area contributed by atoms with Gasteiger partial charge in [0.15, 0.2) is 5.78 Å². The van der Waals surface area contributed by atoms with E-state index in [0.717, 1.165) is 44.9 Å². The summed E-state index contributed by atoms with van der Waals surface area (Å²) in [5.74, 6) is 0.124. The predicted molar refractivity (Wildman–Crippen MR) is 146 cm³/mol. The first kappa shape index (κ1) is 27.5. The first-order valence-electron chi connectivity index (χ1n) is 14.7. The number of hydrogen-bond acceptors (Lipinski definition) is 6. The number of nitrogens with zero attached hydrogens (tertiary/aromatic N) is 2. The van der Waals surface area contributed by atoms with E-state index in [0.29, 0.717) is 6.42 Å². The molecule has 38 heavy (non-hydrogen) atoms. The van der Waals surface area contributed by atoms with Gasteiger partial charge in [-0.05, 0) is 96.7 Å². The van der Waals surface area contributed by atoms with Crippen LogP contribution in [0, 0.1) is 72.4 Å². The van der Waals surface area contributed by atoms with E-state index in [2.05, 4.69) is 45.9 Å². The monoisotopic (exact) mass is 522 g/mol. The summed E-state index contributed by atoms with van der Waals surface area (Å²) in [5, 5.41) is 13.8. The first-order chi connectivity index (χ1) is 17.6. The Balaban J connectivity index is 1.67. The lowest BCUT2D eigenvalue weighted by atomic mass is 9.31. The van der Waals surface area contributed by atoms with Gasteiger partial charge in [-0.2, -0.15) is 10.2 Å². The normalized spacial score (nSPS) is 48.7. The molecule has 0 aromatic carbocycles. The van der Waals surface area contributed by atoms with Crippen LogP contribution >= 0.6 is 0 Å². The van der Waals surface area contributed by atoms with Crippen molar-refractivity contribution < 1.29 is 14.3 Å². The van der Waals surface area contributed by atoms with Crippen LogP contribution in [0.25, 0.3) is 0 Å². The second-order valence-electron chi connectivity index (χ2n) is 15.6. The van der Waals surface area contributed by atoms with Gasteiger partial charge in [0, 0.05) is 5.41 Å². The van der Waals surface area contributed by atoms with Crippen LogP contribution in [0.1, 0.15) is 99.8 Å². The van der Waals surface area contributed by atoms with E-state index in [9.17, 15) is 19.8 Å². The third kappa shape index (κ3) is 3.23. The number of Topliss-reactive ketones (excluding diaryl/α,β-unsaturated/α-hetero) is 1. The van der Waals surface area contributed by atoms with Gasteiger partial charge in [0.25, 0.3) is 0 Å². The number of fused-ring (bicyclic) bond motifs is 7. The summed E-state index contributed by atoms with van der Waals surface area (Å²) in [5.41, 5.74) is -1.50. The minimum atomic E-state index is -0.627. The number of rotatable bonds is 2. The zero-order valence-corrected chi connectivity index (χ0v) is 24.6. The molecule has 0 aromatic heterocycles. The summed E-state index contributed by atoms with van der Waals surface area (Å²) in [6.07, 6.45) is 8.83. The number of nitriles is 1. The van der Waals surface area contributed by atoms with Crippen molar-refractivity contribution in [2.45, 2.75) is 106 Å². The van der Waals surface area contributed by atoms with Crippen molar-refractivity contribution in [3.63, 3.8) is 0 Å². The maximum absolute atomic E-state index is 13.5. The predicted octanol–water partition coefficient (Wildman–Crippen LogP) is 7.02. The molecule has 4 saturated carbocycles. The minimum Gasteiger partial charge on any atom is -0.469 e. The molecule has 1 unspecified atom stereocenters. The molecule has 5 aliphatic rings. The maximum atomic E-state index is 13.5. The highest BCUT2D eigenvalue weighted by Gasteiger charge is 2.73. The third-order valence-electron chi connectivity index (χ3n) is 13.4. The Morgan fingerprint density at radius 1 is 1.00 bits per heavy atom. The van der Waals surface area contributed by atoms with Crippen LogP contribution in [-0.4, -0.2) is 24.9 Å². The van der Waals surface area contributed by atoms with Crippen LogP contribution in [0.15, 0.2) is 16.8 Å². The molecule has 0 aromatic rings. The lowest BCUT2D eigenvalue weighted by molar-refractivity contribution is -0.238. The van der Waals surface area contributed by atoms with Crippen LogP contribution < -0.4 is 0 Å². The Morgan fingerprint density at radius 2 is 1.66 bits per heavy atom. The fraction of sp³-hybridized carbons (Fsp3) is 0.844. The molecule has 0 N–H and O–H groups in total. The number of ketones is 1. The molecular formula is C32H46N2O4. The molecule has 0 saturated heterocycles. The van der Waals surface area contributed by atoms with Gasteiger partial charge in [-0.1, -0.05) is 59.7 Å². The summed E-state index contributed by atoms with van der Waals surface area (Å²) < 4.78 is 5.46. The van der Waals surface area contributed by atoms with Crippen LogP contribution in [0.3, 0.4) is 0 Å². The summed E-state index contributed by atoms with van der Waals surface area (Å²) in [7, 11) is 1.50. The average molecular weight is 523 g/mol. The van der Waals surface area contributed by atoms with Gasteiger partial charge in [0.1, 0.15) is 6.07 Å². The average Bonchev–Trinajstić information content (AvgIpc) is 2.85. The number of esters is 1. The smallest absolute Gasteiger partial charge is 0.312 e. The zero-order valence-electron chi connectivity index (χ0n) is 24.6. The lowest BCUT2D eigenvalue weighted by Gasteiger charge is -2.73. The Morgan fingerprint density at radius 3 is 2.26 bits per heavy atom. The van der Waals surface area contributed by atoms with E-state index in [4.69, 9.17) is 4.74 Å². The molecule has 208 valence electrons. The van der Waals surface area contributed by atoms with E-state index in [-0.39, 0.29) is 62.7 Å². The molecule has 0 heterocycles. The summed E-state index contributed by atoms with van der Waals surface area (Å²) in [6.45, 7) is 15.6. The van der Waals surface area contributed by atoms with Crippen LogP contribution in [0.5, 0.6) is 0 Å². The second kappa shape index (κ2) is 8.24. The van der Waals surface area contributed by atoms with Gasteiger partial charge < -0.3 is 4.74 Å². The molecule has 6 heteroatoms. The summed E-state index contributed by atoms with van der Waals surface area (Å²) in [6, 6.07) is 1.81. The number of hydrogen-bond donors (Lipinski definition) is 0. The molecule has 0 aliphatic heterocycles. The summed E-state index contributed by atoms with van der Waals surface area (Å²) >= 11 is 0. The quantitative estimate of drug-likeness (QED) is 0.287. The number of allylic oxidation sites excluding steroid dienone is 2. The van der Waals surface area contributed by atoms with Crippen molar-refractivity contribution in [2.75, 3.05) is 7.11 Å². The molecular weight excluding hydrogens is 476 g/mol. The topological polar surface area (TPSA) is 96.6 Å². The second-order valence-corrected chi connectivity index (χ2v) is 15.6. The molecule has 0 radical (unpaired) electrons. The highest BCUT2D eigenvalue weighted by Crippen LogP contribution is 2.76. The SMILES string of the molecule is COC(=O)[C@]12CCC(C)(C)C[C@H]1[C@H]1C(N=O)C[C@@H]3[C@@]4(C)C=C(C#N)C(=O)C(C)(C)[C@@H]4CC[C@@]3(C)[C@]1(C)CC2. The molecule has 4 fully saturated rings. The van der Waals surface area contributed by atoms with Crippen molar-refractivity contribution in [3.8, 4) is 6.07 Å². The third-order valence-corrected chi connectivity index (χ3v) is 13.4. The Labute approximate surface area is 228 Å². The highest BCUT2D eigenvalue weighted by atomic mass is 16.5. The largest absolute Gasteiger partial charge is 0.469 e. The van der Waals surface area contributed by atoms with Gasteiger partial charge >= 0.3 is 5.97 Å². The number of carbonyl (C=O) groups excluding carboxylic acids is 2. The van der Waals surface area contributed by atoms with E-state index >= 15 is 0 Å². The fourth-order valence-electron chi connectivity index (χ4n) is 11.3. The van der Waals surface area contributed by atoms with Gasteiger partial charge in [-0.3, -0.25) is 9.59 Å². The Kier molecular flexibility index (Phi) is 5.97. The van der Waals surface area contributed by atoms with Crippen molar-refractivity contribution in [1.82, 2.24) is 0 Å². The molecule has 5 aliphatic carbocycles. The standard InChI is InChI=1S/C32H46N2O4/c1-27(2)11-13-32(26(36)38-8)14-12-31(7)24(20(32)17-27)21(34-37)15-23-29(5)16-19(18-33)25(35)28(3,4)22(29)9-10-30(23,31)6/h16,20-24H,9-15,17H2,1-8H3/t20-,21?,22-,23+,24-,29-,30+,31+,32-/m0/s1. The number of methoxy groups -OCH3 is 1. The minimum absolute atomic E-state index is 0.00599. The van der Waals surface area contributed by atoms with E-state index in [1.54, 1.807) is 0 Å². The van der Waals surface area contributed by atoms with Gasteiger partial charge in [0.05, 0.1) is 24.1 Å². The van der Waals surface area contributed by atoms with Gasteiger partial charge in [-0.15, -0.1) is 0 Å². The van der Waals surface area contributed by atoms with Gasteiger partial charge in [-0.25, -0.2) is 0 Å². The fourth-order valence-corrected chi connectivity index (χ4v) is 11.3. The first-order valence-corrected chi connectivity index (χ1v) is 14.7. The van der Waals surface area contributed by atoms with Crippen molar-refractivity contribution >= 4 is 11.8 Å². The molecule has 0 amide bonds. The van der Waals surface area contributed by atoms with Gasteiger partial charge in [0.2, 0.25) is 0 Å². The lowest BCUT2D eigenvalue weighted by Crippen LogP contribution is -2.69. The number of nitroso groups, excluding NO2 is 1. The zero-order chi connectivity index (χ0) is 28.1. The van der Waals surface area contributed by atoms with Crippen LogP contribution in [-0.2, 0) is 14.3 Å². The molecule has 9 atom stereocenters. The van der Waals surface area contributed by atoms with Crippen molar-refractivity contribution in [2.24, 2.45) is 61.3 Å². The number of carbonyl (C=O) groups is 2. The summed E-state index contributed by atoms with van der Waals surface area (Å²) in [4.78, 5) is 39.5. The van der Waals surface area contributed by atoms with Crippen LogP contribution in [0.2, 0.25) is 0 Å². The molecule has 0 spiro atoms. The Hall–Kier alpha value is -2.03. The van der Waals surface area contributed by atoms with E-state index < -0.39 is 16.9 Å². The van der Waals surface area contributed by atoms with E-state index in [1.807, 2.05) is 19.9 Å². The molecule has 0 bridgehead atoms. The molecule has 5 rings (SSSR count). The number of ether oxygens (including phenoxy) is 1. The Bertz CT molecular complexity index is 1150. The van der Waals surface area contributed by atoms with Crippen molar-refractivity contribution in [3.05, 3.63) is 16.6 Å². The molecule has 6 nitrogen and oxygen atoms in total. The van der Waals surface area contributed by atoms with Crippen molar-refractivity contribution in [1.29, 1.82) is 5.26 Å². The maximum Gasteiger partial charge on any atom is 0.312 e.